The first-order valence-corrected chi connectivity index (χ1v) is 10.1. The molecule has 1 aromatic heterocycles. The molecule has 3 nitrogen and oxygen atoms in total. The van der Waals surface area contributed by atoms with Gasteiger partial charge in [-0.15, -0.1) is 0 Å². The molecule has 0 aliphatic heterocycles. The molecule has 134 valence electrons. The monoisotopic (exact) mass is 357 g/mol. The van der Waals surface area contributed by atoms with Gasteiger partial charge in [0.05, 0.1) is 0 Å². The number of hydrogen-bond acceptors (Lipinski definition) is 3. The van der Waals surface area contributed by atoms with Gasteiger partial charge in [-0.05, 0) is 58.8 Å². The van der Waals surface area contributed by atoms with E-state index in [0.717, 1.165) is 18.6 Å². The van der Waals surface area contributed by atoms with Crippen LogP contribution in [0.2, 0.25) is 0 Å². The van der Waals surface area contributed by atoms with Crippen LogP contribution in [0.1, 0.15) is 56.6 Å². The molecule has 3 rings (SSSR count). The van der Waals surface area contributed by atoms with E-state index in [4.69, 9.17) is 4.74 Å². The smallest absolute Gasteiger partial charge is 0.257 e. The third kappa shape index (κ3) is 4.43. The van der Waals surface area contributed by atoms with Crippen molar-refractivity contribution in [3.8, 4) is 5.75 Å². The van der Waals surface area contributed by atoms with Crippen LogP contribution >= 0.6 is 11.3 Å². The predicted octanol–water partition coefficient (Wildman–Crippen LogP) is 4.88. The number of ether oxygens (including phenoxy) is 1. The van der Waals surface area contributed by atoms with Crippen LogP contribution in [0.5, 0.6) is 5.75 Å². The number of hydrogen-bond donors (Lipinski definition) is 1. The van der Waals surface area contributed by atoms with Crippen molar-refractivity contribution < 1.29 is 9.53 Å². The van der Waals surface area contributed by atoms with Crippen LogP contribution in [-0.4, -0.2) is 19.1 Å². The Morgan fingerprint density at radius 3 is 2.52 bits per heavy atom. The molecule has 1 N–H and O–H groups in total. The fraction of sp³-hybridized carbons (Fsp3) is 0.476. The summed E-state index contributed by atoms with van der Waals surface area (Å²) < 4.78 is 5.63. The van der Waals surface area contributed by atoms with Gasteiger partial charge in [0.1, 0.15) is 5.75 Å². The molecule has 1 amide bonds. The van der Waals surface area contributed by atoms with Gasteiger partial charge in [-0.25, -0.2) is 0 Å². The van der Waals surface area contributed by atoms with Crippen molar-refractivity contribution in [2.45, 2.75) is 50.9 Å². The summed E-state index contributed by atoms with van der Waals surface area (Å²) in [6, 6.07) is 10.2. The Labute approximate surface area is 154 Å². The van der Waals surface area contributed by atoms with Crippen LogP contribution in [-0.2, 0) is 10.2 Å². The van der Waals surface area contributed by atoms with Gasteiger partial charge in [-0.1, -0.05) is 38.8 Å². The maximum Gasteiger partial charge on any atom is 0.257 e. The van der Waals surface area contributed by atoms with Crippen LogP contribution in [0.15, 0.2) is 41.1 Å². The topological polar surface area (TPSA) is 38.3 Å². The third-order valence-corrected chi connectivity index (χ3v) is 5.92. The lowest BCUT2D eigenvalue weighted by Gasteiger charge is -2.28. The first-order valence-electron chi connectivity index (χ1n) is 9.11. The quantitative estimate of drug-likeness (QED) is 0.767. The van der Waals surface area contributed by atoms with Crippen LogP contribution < -0.4 is 10.1 Å². The van der Waals surface area contributed by atoms with E-state index < -0.39 is 0 Å². The Morgan fingerprint density at radius 2 is 1.92 bits per heavy atom. The number of carbonyl (C=O) groups is 1. The second-order valence-corrected chi connectivity index (χ2v) is 8.07. The molecule has 0 atom stereocenters. The lowest BCUT2D eigenvalue weighted by atomic mass is 9.80. The Hall–Kier alpha value is -1.81. The SMILES string of the molecule is CC(C)c1ccc(OCC(=O)NCC2(c3ccsc3)CCCC2)cc1. The van der Waals surface area contributed by atoms with Gasteiger partial charge >= 0.3 is 0 Å². The Kier molecular flexibility index (Phi) is 5.79. The second-order valence-electron chi connectivity index (χ2n) is 7.29. The van der Waals surface area contributed by atoms with E-state index in [9.17, 15) is 4.79 Å². The molecule has 0 radical (unpaired) electrons. The van der Waals surface area contributed by atoms with E-state index in [-0.39, 0.29) is 17.9 Å². The Bertz CT molecular complexity index is 670. The van der Waals surface area contributed by atoms with Gasteiger partial charge in [-0.2, -0.15) is 11.3 Å². The highest BCUT2D eigenvalue weighted by Crippen LogP contribution is 2.41. The van der Waals surface area contributed by atoms with Crippen LogP contribution in [0, 0.1) is 0 Å². The lowest BCUT2D eigenvalue weighted by Crippen LogP contribution is -2.40. The summed E-state index contributed by atoms with van der Waals surface area (Å²) in [6.45, 7) is 5.10. The zero-order valence-corrected chi connectivity index (χ0v) is 15.9. The highest BCUT2D eigenvalue weighted by molar-refractivity contribution is 7.08. The van der Waals surface area contributed by atoms with Gasteiger partial charge in [0.25, 0.3) is 5.91 Å². The molecule has 0 spiro atoms. The van der Waals surface area contributed by atoms with Crippen molar-refractivity contribution in [3.63, 3.8) is 0 Å². The number of benzene rings is 1. The zero-order chi connectivity index (χ0) is 17.7. The molecular formula is C21H27NO2S. The molecule has 1 aromatic carbocycles. The second kappa shape index (κ2) is 8.05. The first-order chi connectivity index (χ1) is 12.1. The Morgan fingerprint density at radius 1 is 1.20 bits per heavy atom. The third-order valence-electron chi connectivity index (χ3n) is 5.23. The molecule has 1 saturated carbocycles. The van der Waals surface area contributed by atoms with E-state index in [1.807, 2.05) is 12.1 Å². The van der Waals surface area contributed by atoms with Crippen LogP contribution in [0.3, 0.4) is 0 Å². The van der Waals surface area contributed by atoms with Gasteiger partial charge in [0.2, 0.25) is 0 Å². The molecule has 25 heavy (non-hydrogen) atoms. The minimum Gasteiger partial charge on any atom is -0.484 e. The summed E-state index contributed by atoms with van der Waals surface area (Å²) in [5.74, 6) is 1.19. The van der Waals surface area contributed by atoms with Crippen molar-refractivity contribution in [2.24, 2.45) is 0 Å². The largest absolute Gasteiger partial charge is 0.484 e. The van der Waals surface area contributed by atoms with Crippen LogP contribution in [0.4, 0.5) is 0 Å². The van der Waals surface area contributed by atoms with Crippen molar-refractivity contribution in [1.82, 2.24) is 5.32 Å². The molecule has 0 unspecified atom stereocenters. The van der Waals surface area contributed by atoms with Crippen molar-refractivity contribution in [3.05, 3.63) is 52.2 Å². The van der Waals surface area contributed by atoms with E-state index in [0.29, 0.717) is 12.5 Å². The molecule has 1 aliphatic rings. The highest BCUT2D eigenvalue weighted by atomic mass is 32.1. The maximum atomic E-state index is 12.2. The minimum atomic E-state index is -0.0468. The summed E-state index contributed by atoms with van der Waals surface area (Å²) in [7, 11) is 0. The number of nitrogens with one attached hydrogen (secondary N) is 1. The van der Waals surface area contributed by atoms with Gasteiger partial charge in [0, 0.05) is 12.0 Å². The standard InChI is InChI=1S/C21H27NO2S/c1-16(2)17-5-7-19(8-6-17)24-13-20(23)22-15-21(10-3-4-11-21)18-9-12-25-14-18/h5-9,12,14,16H,3-4,10-11,13,15H2,1-2H3,(H,22,23). The fourth-order valence-corrected chi connectivity index (χ4v) is 4.38. The van der Waals surface area contributed by atoms with E-state index >= 15 is 0 Å². The summed E-state index contributed by atoms with van der Waals surface area (Å²) >= 11 is 1.73. The summed E-state index contributed by atoms with van der Waals surface area (Å²) in [5.41, 5.74) is 2.77. The number of carbonyl (C=O) groups excluding carboxylic acids is 1. The molecule has 0 saturated heterocycles. The average Bonchev–Trinajstić information content (AvgIpc) is 3.30. The van der Waals surface area contributed by atoms with Crippen molar-refractivity contribution >= 4 is 17.2 Å². The van der Waals surface area contributed by atoms with E-state index in [2.05, 4.69) is 48.1 Å². The molecule has 4 heteroatoms. The molecule has 1 fully saturated rings. The summed E-state index contributed by atoms with van der Waals surface area (Å²) in [6.07, 6.45) is 4.79. The molecular weight excluding hydrogens is 330 g/mol. The zero-order valence-electron chi connectivity index (χ0n) is 15.1. The average molecular weight is 358 g/mol. The maximum absolute atomic E-state index is 12.2. The molecule has 1 aliphatic carbocycles. The van der Waals surface area contributed by atoms with Gasteiger partial charge in [-0.3, -0.25) is 4.79 Å². The summed E-state index contributed by atoms with van der Waals surface area (Å²) in [4.78, 5) is 12.2. The first kappa shape index (κ1) is 18.0. The van der Waals surface area contributed by atoms with E-state index in [1.165, 1.54) is 24.0 Å². The number of amides is 1. The van der Waals surface area contributed by atoms with Crippen molar-refractivity contribution in [2.75, 3.05) is 13.2 Å². The highest BCUT2D eigenvalue weighted by Gasteiger charge is 2.36. The van der Waals surface area contributed by atoms with Crippen LogP contribution in [0.25, 0.3) is 0 Å². The van der Waals surface area contributed by atoms with Crippen molar-refractivity contribution in [1.29, 1.82) is 0 Å². The lowest BCUT2D eigenvalue weighted by molar-refractivity contribution is -0.123. The predicted molar refractivity (Wildman–Crippen MR) is 104 cm³/mol. The van der Waals surface area contributed by atoms with E-state index in [1.54, 1.807) is 11.3 Å². The summed E-state index contributed by atoms with van der Waals surface area (Å²) in [5, 5.41) is 7.45. The van der Waals surface area contributed by atoms with Gasteiger partial charge in [0.15, 0.2) is 6.61 Å². The molecule has 1 heterocycles. The Balaban J connectivity index is 1.50. The minimum absolute atomic E-state index is 0.0468. The normalized spacial score (nSPS) is 16.1. The fourth-order valence-electron chi connectivity index (χ4n) is 3.60. The number of thiophene rings is 1. The molecule has 2 aromatic rings. The number of rotatable bonds is 7. The molecule has 0 bridgehead atoms. The van der Waals surface area contributed by atoms with Gasteiger partial charge < -0.3 is 10.1 Å².